The number of fused-ring (bicyclic) bond motifs is 2. The summed E-state index contributed by atoms with van der Waals surface area (Å²) >= 11 is 1.32. The van der Waals surface area contributed by atoms with Gasteiger partial charge >= 0.3 is 12.1 Å². The molecule has 2 aliphatic rings. The van der Waals surface area contributed by atoms with Crippen molar-refractivity contribution in [3.63, 3.8) is 0 Å². The zero-order valence-electron chi connectivity index (χ0n) is 14.7. The summed E-state index contributed by atoms with van der Waals surface area (Å²) in [6.45, 7) is 1.03. The molecule has 2 fully saturated rings. The van der Waals surface area contributed by atoms with Crippen LogP contribution in [0.1, 0.15) is 22.5 Å². The van der Waals surface area contributed by atoms with Crippen molar-refractivity contribution in [3.8, 4) is 10.4 Å². The first-order valence-corrected chi connectivity index (χ1v) is 9.74. The van der Waals surface area contributed by atoms with Crippen LogP contribution >= 0.6 is 11.3 Å². The van der Waals surface area contributed by atoms with Gasteiger partial charge in [-0.15, -0.1) is 11.3 Å². The maximum absolute atomic E-state index is 12.5. The summed E-state index contributed by atoms with van der Waals surface area (Å²) in [5.41, 5.74) is 0.819. The van der Waals surface area contributed by atoms with Crippen LogP contribution in [0.25, 0.3) is 10.4 Å². The highest BCUT2D eigenvalue weighted by atomic mass is 32.1. The number of benzene rings is 1. The molecule has 0 spiro atoms. The molecular formula is C19H18F3N3O2S. The van der Waals surface area contributed by atoms with Crippen molar-refractivity contribution in [2.24, 2.45) is 5.92 Å². The average Bonchev–Trinajstić information content (AvgIpc) is 3.38. The minimum Gasteiger partial charge on any atom is -0.347 e. The first-order chi connectivity index (χ1) is 13.3. The number of piperidine rings is 1. The normalized spacial score (nSPS) is 23.6. The highest BCUT2D eigenvalue weighted by Crippen LogP contribution is 2.33. The van der Waals surface area contributed by atoms with Crippen LogP contribution in [-0.4, -0.2) is 36.6 Å². The molecule has 3 N–H and O–H groups in total. The molecule has 28 heavy (non-hydrogen) atoms. The Morgan fingerprint density at radius 3 is 2.43 bits per heavy atom. The third-order valence-electron chi connectivity index (χ3n) is 5.16. The largest absolute Gasteiger partial charge is 0.471 e. The third kappa shape index (κ3) is 3.90. The Hall–Kier alpha value is -2.39. The minimum atomic E-state index is -4.93. The van der Waals surface area contributed by atoms with E-state index in [0.717, 1.165) is 29.8 Å². The molecule has 2 heterocycles. The van der Waals surface area contributed by atoms with Gasteiger partial charge in [-0.3, -0.25) is 9.59 Å². The molecule has 2 aromatic rings. The first kappa shape index (κ1) is 18.9. The lowest BCUT2D eigenvalue weighted by atomic mass is 10.1. The van der Waals surface area contributed by atoms with Gasteiger partial charge in [-0.1, -0.05) is 12.1 Å². The number of hydrogen-bond acceptors (Lipinski definition) is 4. The Balaban J connectivity index is 1.39. The summed E-state index contributed by atoms with van der Waals surface area (Å²) in [5, 5.41) is 8.31. The van der Waals surface area contributed by atoms with E-state index in [1.54, 1.807) is 23.5 Å². The molecule has 1 saturated carbocycles. The fourth-order valence-electron chi connectivity index (χ4n) is 3.79. The number of amides is 2. The van der Waals surface area contributed by atoms with E-state index in [1.165, 1.54) is 23.5 Å². The lowest BCUT2D eigenvalue weighted by Gasteiger charge is -2.23. The van der Waals surface area contributed by atoms with Gasteiger partial charge in [0.1, 0.15) is 0 Å². The molecule has 2 amide bonds. The monoisotopic (exact) mass is 409 g/mol. The molecular weight excluding hydrogens is 391 g/mol. The van der Waals surface area contributed by atoms with E-state index in [4.69, 9.17) is 0 Å². The molecule has 5 nitrogen and oxygen atoms in total. The Labute approximate surface area is 163 Å². The number of anilines is 1. The molecule has 148 valence electrons. The highest BCUT2D eigenvalue weighted by Gasteiger charge is 2.40. The van der Waals surface area contributed by atoms with Crippen molar-refractivity contribution < 1.29 is 22.8 Å². The first-order valence-electron chi connectivity index (χ1n) is 8.92. The molecule has 1 saturated heterocycles. The Morgan fingerprint density at radius 1 is 1.07 bits per heavy atom. The SMILES string of the molecule is O=C(NC1CC2CNC1C2)c1ccc(-c2ccc(NC(=O)C(F)(F)F)cc2)s1. The van der Waals surface area contributed by atoms with Crippen LogP contribution in [0, 0.1) is 5.92 Å². The number of nitrogens with one attached hydrogen (secondary N) is 3. The number of thiophene rings is 1. The lowest BCUT2D eigenvalue weighted by molar-refractivity contribution is -0.167. The second kappa shape index (κ2) is 7.21. The van der Waals surface area contributed by atoms with E-state index >= 15 is 0 Å². The summed E-state index contributed by atoms with van der Waals surface area (Å²) in [4.78, 5) is 24.9. The summed E-state index contributed by atoms with van der Waals surface area (Å²) < 4.78 is 36.9. The molecule has 1 aliphatic heterocycles. The summed E-state index contributed by atoms with van der Waals surface area (Å²) in [6.07, 6.45) is -2.81. The predicted molar refractivity (Wildman–Crippen MR) is 100 cm³/mol. The second-order valence-corrected chi connectivity index (χ2v) is 8.21. The van der Waals surface area contributed by atoms with Crippen molar-refractivity contribution in [2.75, 3.05) is 11.9 Å². The quantitative estimate of drug-likeness (QED) is 0.725. The summed E-state index contributed by atoms with van der Waals surface area (Å²) in [5.74, 6) is -1.47. The van der Waals surface area contributed by atoms with Gasteiger partial charge in [0.25, 0.3) is 5.91 Å². The van der Waals surface area contributed by atoms with Crippen LogP contribution in [-0.2, 0) is 4.79 Å². The van der Waals surface area contributed by atoms with Gasteiger partial charge < -0.3 is 16.0 Å². The third-order valence-corrected chi connectivity index (χ3v) is 6.29. The van der Waals surface area contributed by atoms with Crippen LogP contribution in [0.5, 0.6) is 0 Å². The van der Waals surface area contributed by atoms with Crippen LogP contribution in [0.4, 0.5) is 18.9 Å². The number of hydrogen-bond donors (Lipinski definition) is 3. The van der Waals surface area contributed by atoms with Gasteiger partial charge in [-0.2, -0.15) is 13.2 Å². The molecule has 1 aromatic heterocycles. The number of halogens is 3. The Bertz CT molecular complexity index is 895. The fraction of sp³-hybridized carbons (Fsp3) is 0.368. The van der Waals surface area contributed by atoms with Crippen molar-refractivity contribution in [3.05, 3.63) is 41.3 Å². The van der Waals surface area contributed by atoms with E-state index in [1.807, 2.05) is 6.07 Å². The van der Waals surface area contributed by atoms with Gasteiger partial charge in [-0.05, 0) is 55.1 Å². The topological polar surface area (TPSA) is 70.2 Å². The fourth-order valence-corrected chi connectivity index (χ4v) is 4.70. The van der Waals surface area contributed by atoms with Crippen LogP contribution < -0.4 is 16.0 Å². The minimum absolute atomic E-state index is 0.0596. The number of carbonyl (C=O) groups is 2. The van der Waals surface area contributed by atoms with Crippen molar-refractivity contribution in [1.82, 2.24) is 10.6 Å². The van der Waals surface area contributed by atoms with Gasteiger partial charge in [0.15, 0.2) is 0 Å². The molecule has 1 aliphatic carbocycles. The molecule has 0 radical (unpaired) electrons. The zero-order chi connectivity index (χ0) is 19.9. The highest BCUT2D eigenvalue weighted by molar-refractivity contribution is 7.17. The van der Waals surface area contributed by atoms with Crippen LogP contribution in [0.3, 0.4) is 0 Å². The molecule has 3 unspecified atom stereocenters. The van der Waals surface area contributed by atoms with Crippen LogP contribution in [0.15, 0.2) is 36.4 Å². The second-order valence-electron chi connectivity index (χ2n) is 7.13. The van der Waals surface area contributed by atoms with Gasteiger partial charge in [0.2, 0.25) is 0 Å². The van der Waals surface area contributed by atoms with Gasteiger partial charge in [0.05, 0.1) is 4.88 Å². The molecule has 1 aromatic carbocycles. The number of rotatable bonds is 4. The summed E-state index contributed by atoms with van der Waals surface area (Å²) in [6, 6.07) is 10.1. The Kier molecular flexibility index (Phi) is 4.88. The Morgan fingerprint density at radius 2 is 1.82 bits per heavy atom. The summed E-state index contributed by atoms with van der Waals surface area (Å²) in [7, 11) is 0. The zero-order valence-corrected chi connectivity index (χ0v) is 15.5. The smallest absolute Gasteiger partial charge is 0.347 e. The molecule has 9 heteroatoms. The van der Waals surface area contributed by atoms with Crippen molar-refractivity contribution >= 4 is 28.8 Å². The van der Waals surface area contributed by atoms with E-state index in [0.29, 0.717) is 16.8 Å². The maximum atomic E-state index is 12.5. The van der Waals surface area contributed by atoms with Gasteiger partial charge in [0, 0.05) is 22.6 Å². The van der Waals surface area contributed by atoms with Crippen LogP contribution in [0.2, 0.25) is 0 Å². The molecule has 4 rings (SSSR count). The number of alkyl halides is 3. The molecule has 2 bridgehead atoms. The average molecular weight is 409 g/mol. The predicted octanol–water partition coefficient (Wildman–Crippen LogP) is 3.40. The van der Waals surface area contributed by atoms with Crippen molar-refractivity contribution in [2.45, 2.75) is 31.1 Å². The lowest BCUT2D eigenvalue weighted by Crippen LogP contribution is -2.47. The van der Waals surface area contributed by atoms with E-state index in [2.05, 4.69) is 10.6 Å². The van der Waals surface area contributed by atoms with E-state index in [-0.39, 0.29) is 17.6 Å². The molecule has 3 atom stereocenters. The van der Waals surface area contributed by atoms with Gasteiger partial charge in [-0.25, -0.2) is 0 Å². The number of carbonyl (C=O) groups excluding carboxylic acids is 2. The standard InChI is InChI=1S/C19H18F3N3O2S/c20-19(21,22)18(27)24-12-3-1-11(2-4-12)15-5-6-16(28-15)17(26)25-14-8-10-7-13(14)23-9-10/h1-6,10,13-14,23H,7-9H2,(H,24,27)(H,25,26). The van der Waals surface area contributed by atoms with E-state index < -0.39 is 12.1 Å². The van der Waals surface area contributed by atoms with E-state index in [9.17, 15) is 22.8 Å². The maximum Gasteiger partial charge on any atom is 0.471 e. The van der Waals surface area contributed by atoms with Crippen molar-refractivity contribution in [1.29, 1.82) is 0 Å².